The number of ether oxygens (including phenoxy) is 16. The van der Waals surface area contributed by atoms with Crippen molar-refractivity contribution >= 4 is 5.97 Å². The Kier molecular flexibility index (Phi) is 27.3. The number of carbonyl (C=O) groups is 1. The first-order valence-corrected chi connectivity index (χ1v) is 40.1. The molecular weight excluding hydrogens is 1540 g/mol. The molecule has 0 radical (unpaired) electrons. The lowest BCUT2D eigenvalue weighted by molar-refractivity contribution is -0.390. The van der Waals surface area contributed by atoms with Crippen LogP contribution < -0.4 is 0 Å². The molecule has 0 bridgehead atoms. The van der Waals surface area contributed by atoms with Crippen LogP contribution in [0.15, 0.2) is 11.6 Å². The zero-order valence-corrected chi connectivity index (χ0v) is 65.4. The Morgan fingerprint density at radius 2 is 0.870 bits per heavy atom. The minimum absolute atomic E-state index is 0.0322. The molecule has 115 heavy (non-hydrogen) atoms. The van der Waals surface area contributed by atoms with Crippen LogP contribution in [0.5, 0.6) is 0 Å². The highest BCUT2D eigenvalue weighted by Crippen LogP contribution is 2.76. The van der Waals surface area contributed by atoms with Crippen molar-refractivity contribution in [3.05, 3.63) is 11.6 Å². The molecular formula is C75H122O40. The third-order valence-electron chi connectivity index (χ3n) is 28.9. The van der Waals surface area contributed by atoms with E-state index in [9.17, 15) is 117 Å². The Bertz CT molecular complexity index is 3290. The molecule has 13 aliphatic rings. The van der Waals surface area contributed by atoms with Crippen molar-refractivity contribution in [2.45, 2.75) is 353 Å². The second kappa shape index (κ2) is 34.7. The molecule has 8 heterocycles. The van der Waals surface area contributed by atoms with Gasteiger partial charge in [0.1, 0.15) is 165 Å². The van der Waals surface area contributed by atoms with Crippen LogP contribution in [0.25, 0.3) is 0 Å². The second-order valence-corrected chi connectivity index (χ2v) is 36.2. The summed E-state index contributed by atoms with van der Waals surface area (Å²) in [6, 6.07) is 0. The fraction of sp³-hybridized carbons (Fsp3) is 0.960. The van der Waals surface area contributed by atoms with Crippen molar-refractivity contribution in [3.8, 4) is 0 Å². The van der Waals surface area contributed by atoms with Gasteiger partial charge in [0.25, 0.3) is 0 Å². The molecule has 40 heteroatoms. The molecule has 0 amide bonds. The van der Waals surface area contributed by atoms with Crippen molar-refractivity contribution in [1.82, 2.24) is 0 Å². The van der Waals surface area contributed by atoms with Crippen molar-refractivity contribution in [1.29, 1.82) is 0 Å². The monoisotopic (exact) mass is 1660 g/mol. The van der Waals surface area contributed by atoms with E-state index in [0.717, 1.165) is 5.57 Å². The summed E-state index contributed by atoms with van der Waals surface area (Å²) in [4.78, 5) is 16.0. The molecule has 8 saturated heterocycles. The van der Waals surface area contributed by atoms with Crippen LogP contribution in [0, 0.1) is 50.2 Å². The predicted octanol–water partition coefficient (Wildman–Crippen LogP) is -8.82. The fourth-order valence-electron chi connectivity index (χ4n) is 21.5. The summed E-state index contributed by atoms with van der Waals surface area (Å²) in [7, 11) is 0. The van der Waals surface area contributed by atoms with Crippen LogP contribution in [0.2, 0.25) is 0 Å². The standard InChI is InChI=1S/C75H122O40/c1-26-56(110-62-52(95)45(88)34(22-79)106-62)57(111-63-53(96)47(90)42(85)31(19-76)104-63)55(98)65(103-26)114-60-49(92)44(87)33(21-78)107-68(60)115-69(99)75-16-15-73(7)27(28(75)17-70(2,3)38(82)18-75)9-10-37-72(6)13-12-39(71(4,5)36(72)11-14-74(37,73)8)109-67-59(113-64-54(97)48(91)43(86)32(20-77)105-64)50(93)46(89)35(108-67)25-102-66-58(41(84)30(81)24-101-66)112-61-51(94)40(83)29(80)23-100-61/h9,26,28-68,76-98H,10-25H2,1-8H3/t26-,28-,29+,30-,31+,32+,33+,34-,35+,36-,37+,38-,39-,40-,41-,42+,43+,44+,45-,46+,47-,48-,49-,50-,51+,52+,53+,54+,55+,56-,57-,58+,59+,60+,61-,62-,63-,64-,65-,66-,67-,68-,72-,73+,74+,75+/m0/s1. The smallest absolute Gasteiger partial charge is 0.315 e. The minimum Gasteiger partial charge on any atom is -0.432 e. The number of allylic oxidation sites excluding steroid dienone is 2. The number of rotatable bonds is 21. The van der Waals surface area contributed by atoms with Gasteiger partial charge in [-0.05, 0) is 110 Å². The van der Waals surface area contributed by atoms with E-state index in [1.807, 2.05) is 13.8 Å². The highest BCUT2D eigenvalue weighted by atomic mass is 16.8. The van der Waals surface area contributed by atoms with Gasteiger partial charge in [-0.3, -0.25) is 4.79 Å². The second-order valence-electron chi connectivity index (χ2n) is 36.2. The third kappa shape index (κ3) is 16.0. The molecule has 23 N–H and O–H groups in total. The van der Waals surface area contributed by atoms with Crippen LogP contribution in [0.1, 0.15) is 113 Å². The van der Waals surface area contributed by atoms with Gasteiger partial charge >= 0.3 is 5.97 Å². The van der Waals surface area contributed by atoms with Crippen molar-refractivity contribution in [2.24, 2.45) is 50.2 Å². The highest BCUT2D eigenvalue weighted by Gasteiger charge is 2.72. The molecule has 8 aliphatic heterocycles. The summed E-state index contributed by atoms with van der Waals surface area (Å²) < 4.78 is 97.0. The number of aliphatic hydroxyl groups is 23. The molecule has 4 saturated carbocycles. The molecule has 0 aromatic carbocycles. The van der Waals surface area contributed by atoms with Crippen LogP contribution in [0.4, 0.5) is 0 Å². The van der Waals surface area contributed by atoms with Gasteiger partial charge in [0.2, 0.25) is 6.29 Å². The van der Waals surface area contributed by atoms with Gasteiger partial charge in [0, 0.05) is 0 Å². The van der Waals surface area contributed by atoms with Gasteiger partial charge in [-0.2, -0.15) is 0 Å². The Morgan fingerprint density at radius 1 is 0.417 bits per heavy atom. The summed E-state index contributed by atoms with van der Waals surface area (Å²) in [5.74, 6) is -1.64. The van der Waals surface area contributed by atoms with Gasteiger partial charge in [0.15, 0.2) is 50.1 Å². The van der Waals surface area contributed by atoms with Crippen LogP contribution in [-0.4, -0.2) is 409 Å². The maximum atomic E-state index is 16.0. The summed E-state index contributed by atoms with van der Waals surface area (Å²) in [6.45, 7) is 11.1. The molecule has 0 spiro atoms. The number of fused-ring (bicyclic) bond motifs is 7. The van der Waals surface area contributed by atoms with Crippen molar-refractivity contribution in [3.63, 3.8) is 0 Å². The number of aliphatic hydroxyl groups excluding tert-OH is 23. The molecule has 0 unspecified atom stereocenters. The number of hydrogen-bond donors (Lipinski definition) is 23. The topological polar surface area (TPSA) is 630 Å². The molecule has 5 aliphatic carbocycles. The molecule has 0 aromatic heterocycles. The van der Waals surface area contributed by atoms with Crippen LogP contribution in [0.3, 0.4) is 0 Å². The van der Waals surface area contributed by atoms with E-state index >= 15 is 4.79 Å². The quantitative estimate of drug-likeness (QED) is 0.0288. The normalized spacial score (nSPS) is 54.5. The third-order valence-corrected chi connectivity index (χ3v) is 28.9. The van der Waals surface area contributed by atoms with Crippen molar-refractivity contribution in [2.75, 3.05) is 46.2 Å². The minimum atomic E-state index is -2.16. The number of hydrogen-bond acceptors (Lipinski definition) is 40. The highest BCUT2D eigenvalue weighted by molar-refractivity contribution is 5.79. The summed E-state index contributed by atoms with van der Waals surface area (Å²) in [5.41, 5.74) is -3.66. The molecule has 46 atom stereocenters. The zero-order valence-electron chi connectivity index (χ0n) is 65.4. The van der Waals surface area contributed by atoms with E-state index < -0.39 is 330 Å². The fourth-order valence-corrected chi connectivity index (χ4v) is 21.5. The van der Waals surface area contributed by atoms with Gasteiger partial charge in [-0.15, -0.1) is 0 Å². The van der Waals surface area contributed by atoms with Crippen LogP contribution in [-0.2, 0) is 80.6 Å². The van der Waals surface area contributed by atoms with Crippen molar-refractivity contribution < 1.29 is 198 Å². The molecule has 12 fully saturated rings. The summed E-state index contributed by atoms with van der Waals surface area (Å²) in [6.07, 6.45) is -61.8. The Labute approximate surface area is 662 Å². The van der Waals surface area contributed by atoms with E-state index in [1.54, 1.807) is 0 Å². The van der Waals surface area contributed by atoms with Gasteiger partial charge in [-0.25, -0.2) is 0 Å². The molecule has 13 rings (SSSR count). The van der Waals surface area contributed by atoms with Gasteiger partial charge < -0.3 is 193 Å². The first-order valence-electron chi connectivity index (χ1n) is 40.1. The molecule has 662 valence electrons. The lowest BCUT2D eigenvalue weighted by Gasteiger charge is -2.71. The lowest BCUT2D eigenvalue weighted by Crippen LogP contribution is -2.68. The van der Waals surface area contributed by atoms with E-state index in [1.165, 1.54) is 6.92 Å². The Balaban J connectivity index is 0.749. The van der Waals surface area contributed by atoms with Gasteiger partial charge in [0.05, 0.1) is 70.0 Å². The molecule has 40 nitrogen and oxygen atoms in total. The van der Waals surface area contributed by atoms with Crippen LogP contribution >= 0.6 is 0 Å². The first kappa shape index (κ1) is 90.4. The maximum Gasteiger partial charge on any atom is 0.315 e. The largest absolute Gasteiger partial charge is 0.432 e. The zero-order chi connectivity index (χ0) is 83.7. The summed E-state index contributed by atoms with van der Waals surface area (Å²) in [5, 5.41) is 253. The average Bonchev–Trinajstić information content (AvgIpc) is 0.713. The average molecular weight is 1660 g/mol. The Morgan fingerprint density at radius 3 is 1.44 bits per heavy atom. The SMILES string of the molecule is C[C@@H]1O[C@@H](O[C@H]2[C@H](OC(=O)[C@@]34CC[C@]5(C)C(=CC[C@@H]6[C@@]7(C)CC[C@H](O[C@@H]8O[C@H](CO[C@@H]9OC[C@H](O)[C@H](O)[C@H]9O[C@@H]9OC[C@@H](O)[C@H](O)[C@H]9O)[C@@H](O)[C@H](O)[C@H]8O[C@@H]8O[C@H](CO)[C@@H](O)[C@H](O)[C@H]8O)C(C)(C)[C@@H]7CC[C@]65C)[C@@H]3CC(C)(C)[C@@H](O)C4)O[C@H](CO)[C@@H](O)[C@@H]2O)[C@H](O)[C@H](O[C@@H]2O[C@H](CO)[C@@H](O)[C@H](O)[C@H]2O)[C@H]1O[C@@H]1O[C@@H](CO)[C@H](O)[C@H]1O. The first-order chi connectivity index (χ1) is 54.1. The predicted molar refractivity (Wildman–Crippen MR) is 375 cm³/mol. The molecule has 0 aromatic rings. The Hall–Kier alpha value is -2.31. The van der Waals surface area contributed by atoms with E-state index in [2.05, 4.69) is 40.7 Å². The number of esters is 1. The van der Waals surface area contributed by atoms with E-state index in [-0.39, 0.29) is 31.1 Å². The lowest BCUT2D eigenvalue weighted by atomic mass is 9.33. The van der Waals surface area contributed by atoms with E-state index in [4.69, 9.17) is 75.8 Å². The van der Waals surface area contributed by atoms with E-state index in [0.29, 0.717) is 38.5 Å². The van der Waals surface area contributed by atoms with Gasteiger partial charge in [-0.1, -0.05) is 60.1 Å². The summed E-state index contributed by atoms with van der Waals surface area (Å²) >= 11 is 0. The maximum absolute atomic E-state index is 16.0. The number of carbonyl (C=O) groups excluding carboxylic acids is 1.